The van der Waals surface area contributed by atoms with Crippen LogP contribution in [-0.2, 0) is 13.0 Å². The van der Waals surface area contributed by atoms with E-state index in [4.69, 9.17) is 11.6 Å². The molecule has 0 fully saturated rings. The van der Waals surface area contributed by atoms with Crippen LogP contribution in [0.3, 0.4) is 0 Å². The molecule has 0 radical (unpaired) electrons. The highest BCUT2D eigenvalue weighted by Crippen LogP contribution is 2.12. The van der Waals surface area contributed by atoms with E-state index in [1.807, 2.05) is 6.92 Å². The molecule has 0 bridgehead atoms. The Bertz CT molecular complexity index is 454. The van der Waals surface area contributed by atoms with Crippen LogP contribution in [0.4, 0.5) is 5.82 Å². The monoisotopic (exact) mass is 237 g/mol. The minimum Gasteiger partial charge on any atom is -0.364 e. The van der Waals surface area contributed by atoms with E-state index in [1.54, 1.807) is 18.6 Å². The number of aromatic nitrogens is 4. The molecule has 2 rings (SSSR count). The van der Waals surface area contributed by atoms with Crippen molar-refractivity contribution in [1.29, 1.82) is 0 Å². The minimum atomic E-state index is 0.457. The van der Waals surface area contributed by atoms with Crippen LogP contribution in [0.2, 0.25) is 5.15 Å². The van der Waals surface area contributed by atoms with E-state index in [9.17, 15) is 0 Å². The van der Waals surface area contributed by atoms with Crippen LogP contribution in [0.5, 0.6) is 0 Å². The number of aromatic amines is 1. The molecule has 5 nitrogen and oxygen atoms in total. The summed E-state index contributed by atoms with van der Waals surface area (Å²) >= 11 is 5.88. The standard InChI is InChI=1S/C10H12ClN5/c1-2-9-15-8(11)3-10(16-9)13-5-7-4-12-6-14-7/h3-4,6H,2,5H2,1H3,(H,12,14)(H,13,15,16). The van der Waals surface area contributed by atoms with Crippen LogP contribution in [0.15, 0.2) is 18.6 Å². The Hall–Kier alpha value is -1.62. The van der Waals surface area contributed by atoms with E-state index in [-0.39, 0.29) is 0 Å². The molecule has 0 aliphatic heterocycles. The molecule has 84 valence electrons. The van der Waals surface area contributed by atoms with E-state index in [1.165, 1.54) is 0 Å². The highest BCUT2D eigenvalue weighted by Gasteiger charge is 2.01. The summed E-state index contributed by atoms with van der Waals surface area (Å²) in [6, 6.07) is 1.71. The third kappa shape index (κ3) is 2.70. The third-order valence-electron chi connectivity index (χ3n) is 2.07. The number of halogens is 1. The minimum absolute atomic E-state index is 0.457. The molecule has 0 amide bonds. The lowest BCUT2D eigenvalue weighted by atomic mass is 10.4. The van der Waals surface area contributed by atoms with Crippen molar-refractivity contribution in [3.63, 3.8) is 0 Å². The third-order valence-corrected chi connectivity index (χ3v) is 2.27. The number of hydrogen-bond donors (Lipinski definition) is 2. The number of aryl methyl sites for hydroxylation is 1. The zero-order valence-electron chi connectivity index (χ0n) is 8.87. The number of H-pyrrole nitrogens is 1. The van der Waals surface area contributed by atoms with Crippen LogP contribution in [0.1, 0.15) is 18.4 Å². The maximum Gasteiger partial charge on any atom is 0.134 e. The first kappa shape index (κ1) is 10.9. The fraction of sp³-hybridized carbons (Fsp3) is 0.300. The Morgan fingerprint density at radius 1 is 1.44 bits per heavy atom. The van der Waals surface area contributed by atoms with Crippen LogP contribution < -0.4 is 5.32 Å². The summed E-state index contributed by atoms with van der Waals surface area (Å²) in [5.74, 6) is 1.46. The second-order valence-corrected chi connectivity index (χ2v) is 3.66. The molecule has 0 unspecified atom stereocenters. The normalized spacial score (nSPS) is 10.4. The summed E-state index contributed by atoms with van der Waals surface area (Å²) in [6.07, 6.45) is 4.16. The Morgan fingerprint density at radius 3 is 3.00 bits per heavy atom. The van der Waals surface area contributed by atoms with E-state index in [0.29, 0.717) is 11.7 Å². The van der Waals surface area contributed by atoms with Gasteiger partial charge in [0.2, 0.25) is 0 Å². The molecular formula is C10H12ClN5. The smallest absolute Gasteiger partial charge is 0.134 e. The first-order chi connectivity index (χ1) is 7.78. The number of imidazole rings is 1. The molecule has 0 aliphatic rings. The number of nitrogens with one attached hydrogen (secondary N) is 2. The molecule has 2 heterocycles. The molecule has 2 N–H and O–H groups in total. The van der Waals surface area contributed by atoms with Gasteiger partial charge in [-0.25, -0.2) is 15.0 Å². The Labute approximate surface area is 98.3 Å². The van der Waals surface area contributed by atoms with Gasteiger partial charge in [0, 0.05) is 18.7 Å². The molecule has 0 atom stereocenters. The predicted octanol–water partition coefficient (Wildman–Crippen LogP) is 2.03. The zero-order valence-corrected chi connectivity index (χ0v) is 9.62. The van der Waals surface area contributed by atoms with E-state index in [2.05, 4.69) is 25.3 Å². The summed E-state index contributed by atoms with van der Waals surface area (Å²) < 4.78 is 0. The van der Waals surface area contributed by atoms with Crippen molar-refractivity contribution in [2.24, 2.45) is 0 Å². The van der Waals surface area contributed by atoms with Gasteiger partial charge in [-0.15, -0.1) is 0 Å². The van der Waals surface area contributed by atoms with E-state index >= 15 is 0 Å². The molecule has 16 heavy (non-hydrogen) atoms. The second kappa shape index (κ2) is 4.94. The number of hydrogen-bond acceptors (Lipinski definition) is 4. The van der Waals surface area contributed by atoms with Crippen molar-refractivity contribution in [2.45, 2.75) is 19.9 Å². The molecule has 0 aliphatic carbocycles. The van der Waals surface area contributed by atoms with E-state index < -0.39 is 0 Å². The van der Waals surface area contributed by atoms with Gasteiger partial charge in [-0.1, -0.05) is 18.5 Å². The molecule has 2 aromatic heterocycles. The Balaban J connectivity index is 2.06. The lowest BCUT2D eigenvalue weighted by molar-refractivity contribution is 0.929. The van der Waals surface area contributed by atoms with Crippen LogP contribution >= 0.6 is 11.6 Å². The van der Waals surface area contributed by atoms with Crippen molar-refractivity contribution in [2.75, 3.05) is 5.32 Å². The summed E-state index contributed by atoms with van der Waals surface area (Å²) in [5, 5.41) is 3.61. The van der Waals surface area contributed by atoms with Crippen LogP contribution in [0.25, 0.3) is 0 Å². The van der Waals surface area contributed by atoms with Crippen LogP contribution in [0, 0.1) is 0 Å². The molecule has 6 heteroatoms. The van der Waals surface area contributed by atoms with Gasteiger partial charge in [-0.3, -0.25) is 0 Å². The number of nitrogens with zero attached hydrogens (tertiary/aromatic N) is 3. The van der Waals surface area contributed by atoms with Gasteiger partial charge in [-0.2, -0.15) is 0 Å². The van der Waals surface area contributed by atoms with Crippen molar-refractivity contribution < 1.29 is 0 Å². The van der Waals surface area contributed by atoms with Gasteiger partial charge in [0.25, 0.3) is 0 Å². The molecule has 0 saturated heterocycles. The summed E-state index contributed by atoms with van der Waals surface area (Å²) in [6.45, 7) is 2.63. The summed E-state index contributed by atoms with van der Waals surface area (Å²) in [4.78, 5) is 15.3. The maximum absolute atomic E-state index is 5.88. The van der Waals surface area contributed by atoms with Gasteiger partial charge in [0.05, 0.1) is 18.6 Å². The molecule has 0 saturated carbocycles. The number of rotatable bonds is 4. The van der Waals surface area contributed by atoms with Gasteiger partial charge in [-0.05, 0) is 0 Å². The van der Waals surface area contributed by atoms with Gasteiger partial charge < -0.3 is 10.3 Å². The number of anilines is 1. The lowest BCUT2D eigenvalue weighted by Gasteiger charge is -2.05. The fourth-order valence-corrected chi connectivity index (χ4v) is 1.48. The molecular weight excluding hydrogens is 226 g/mol. The first-order valence-corrected chi connectivity index (χ1v) is 5.40. The quantitative estimate of drug-likeness (QED) is 0.799. The highest BCUT2D eigenvalue weighted by molar-refractivity contribution is 6.29. The van der Waals surface area contributed by atoms with Gasteiger partial charge in [0.1, 0.15) is 16.8 Å². The first-order valence-electron chi connectivity index (χ1n) is 5.02. The van der Waals surface area contributed by atoms with Crippen molar-refractivity contribution in [3.05, 3.63) is 35.3 Å². The molecule has 0 spiro atoms. The van der Waals surface area contributed by atoms with Crippen molar-refractivity contribution in [1.82, 2.24) is 19.9 Å². The zero-order chi connectivity index (χ0) is 11.4. The SMILES string of the molecule is CCc1nc(Cl)cc(NCc2cnc[nH]2)n1. The van der Waals surface area contributed by atoms with Crippen LogP contribution in [-0.4, -0.2) is 19.9 Å². The maximum atomic E-state index is 5.88. The second-order valence-electron chi connectivity index (χ2n) is 3.28. The summed E-state index contributed by atoms with van der Waals surface area (Å²) in [5.41, 5.74) is 0.993. The van der Waals surface area contributed by atoms with Gasteiger partial charge >= 0.3 is 0 Å². The van der Waals surface area contributed by atoms with Crippen molar-refractivity contribution >= 4 is 17.4 Å². The van der Waals surface area contributed by atoms with Crippen molar-refractivity contribution in [3.8, 4) is 0 Å². The molecule has 0 aromatic carbocycles. The fourth-order valence-electron chi connectivity index (χ4n) is 1.28. The largest absolute Gasteiger partial charge is 0.364 e. The molecule has 2 aromatic rings. The topological polar surface area (TPSA) is 66.5 Å². The summed E-state index contributed by atoms with van der Waals surface area (Å²) in [7, 11) is 0. The van der Waals surface area contributed by atoms with E-state index in [0.717, 1.165) is 23.8 Å². The Kier molecular flexibility index (Phi) is 3.36. The Morgan fingerprint density at radius 2 is 2.31 bits per heavy atom. The highest BCUT2D eigenvalue weighted by atomic mass is 35.5. The average Bonchev–Trinajstić information content (AvgIpc) is 2.78. The predicted molar refractivity (Wildman–Crippen MR) is 62.3 cm³/mol. The van der Waals surface area contributed by atoms with Gasteiger partial charge in [0.15, 0.2) is 0 Å². The lowest BCUT2D eigenvalue weighted by Crippen LogP contribution is -2.04. The average molecular weight is 238 g/mol.